The first-order chi connectivity index (χ1) is 14.1. The van der Waals surface area contributed by atoms with Crippen LogP contribution in [0.25, 0.3) is 0 Å². The van der Waals surface area contributed by atoms with Gasteiger partial charge in [0.25, 0.3) is 5.56 Å². The van der Waals surface area contributed by atoms with Crippen LogP contribution in [0.3, 0.4) is 0 Å². The van der Waals surface area contributed by atoms with Crippen molar-refractivity contribution in [1.29, 1.82) is 0 Å². The summed E-state index contributed by atoms with van der Waals surface area (Å²) < 4.78 is 6.91. The molecule has 1 aliphatic rings. The maximum absolute atomic E-state index is 12.5. The Morgan fingerprint density at radius 3 is 2.79 bits per heavy atom. The summed E-state index contributed by atoms with van der Waals surface area (Å²) in [5.74, 6) is 1.38. The van der Waals surface area contributed by atoms with Gasteiger partial charge in [-0.1, -0.05) is 24.3 Å². The van der Waals surface area contributed by atoms with Crippen molar-refractivity contribution in [3.8, 4) is 5.75 Å². The Hall–Kier alpha value is -2.60. The van der Waals surface area contributed by atoms with Crippen molar-refractivity contribution < 1.29 is 9.53 Å². The SMILES string of the molecule is COc1ccccc1CCN1CCC[C@@H](CN(C)C(=O)Cn2ccccc2=O)C1. The molecule has 3 rings (SSSR count). The standard InChI is InChI=1S/C23H31N3O3/c1-24(23(28)18-26-14-6-5-11-22(26)27)16-19-8-7-13-25(17-19)15-12-20-9-3-4-10-21(20)29-2/h3-6,9-11,14,19H,7-8,12-13,15-18H2,1-2H3/t19-/m0/s1. The Kier molecular flexibility index (Phi) is 7.47. The molecule has 6 heteroatoms. The fourth-order valence-corrected chi connectivity index (χ4v) is 4.04. The van der Waals surface area contributed by atoms with Crippen LogP contribution in [-0.4, -0.2) is 60.6 Å². The molecule has 1 aromatic carbocycles. The van der Waals surface area contributed by atoms with E-state index in [1.165, 1.54) is 16.2 Å². The highest BCUT2D eigenvalue weighted by Gasteiger charge is 2.23. The molecule has 0 N–H and O–H groups in total. The van der Waals surface area contributed by atoms with E-state index in [1.807, 2.05) is 19.2 Å². The van der Waals surface area contributed by atoms with E-state index in [4.69, 9.17) is 4.74 Å². The topological polar surface area (TPSA) is 54.8 Å². The van der Waals surface area contributed by atoms with Crippen LogP contribution in [0.5, 0.6) is 5.75 Å². The minimum absolute atomic E-state index is 0.0237. The van der Waals surface area contributed by atoms with Crippen LogP contribution >= 0.6 is 0 Å². The summed E-state index contributed by atoms with van der Waals surface area (Å²) in [5, 5.41) is 0. The number of nitrogens with zero attached hydrogens (tertiary/aromatic N) is 3. The molecule has 1 saturated heterocycles. The fourth-order valence-electron chi connectivity index (χ4n) is 4.04. The molecule has 1 aliphatic heterocycles. The molecule has 1 atom stereocenters. The Morgan fingerprint density at radius 2 is 2.00 bits per heavy atom. The number of carbonyl (C=O) groups excluding carboxylic acids is 1. The highest BCUT2D eigenvalue weighted by Crippen LogP contribution is 2.21. The van der Waals surface area contributed by atoms with Gasteiger partial charge in [0, 0.05) is 38.9 Å². The van der Waals surface area contributed by atoms with Gasteiger partial charge in [0.2, 0.25) is 5.91 Å². The second-order valence-corrected chi connectivity index (χ2v) is 7.81. The molecule has 156 valence electrons. The number of pyridine rings is 1. The van der Waals surface area contributed by atoms with E-state index >= 15 is 0 Å². The molecule has 0 bridgehead atoms. The Balaban J connectivity index is 1.49. The number of ether oxygens (including phenoxy) is 1. The lowest BCUT2D eigenvalue weighted by Gasteiger charge is -2.35. The third kappa shape index (κ3) is 5.94. The summed E-state index contributed by atoms with van der Waals surface area (Å²) in [5.41, 5.74) is 1.09. The minimum atomic E-state index is -0.144. The number of amides is 1. The van der Waals surface area contributed by atoms with Crippen molar-refractivity contribution in [2.45, 2.75) is 25.8 Å². The number of likely N-dealkylation sites (tertiary alicyclic amines) is 1. The van der Waals surface area contributed by atoms with Gasteiger partial charge >= 0.3 is 0 Å². The average molecular weight is 398 g/mol. The van der Waals surface area contributed by atoms with Gasteiger partial charge in [-0.25, -0.2) is 0 Å². The second-order valence-electron chi connectivity index (χ2n) is 7.81. The van der Waals surface area contributed by atoms with Crippen molar-refractivity contribution in [3.05, 3.63) is 64.6 Å². The van der Waals surface area contributed by atoms with Gasteiger partial charge in [0.05, 0.1) is 7.11 Å². The van der Waals surface area contributed by atoms with Gasteiger partial charge in [0.15, 0.2) is 0 Å². The normalized spacial score (nSPS) is 17.1. The summed E-state index contributed by atoms with van der Waals surface area (Å²) in [7, 11) is 3.55. The van der Waals surface area contributed by atoms with Crippen molar-refractivity contribution in [1.82, 2.24) is 14.4 Å². The smallest absolute Gasteiger partial charge is 0.250 e. The summed E-state index contributed by atoms with van der Waals surface area (Å²) in [4.78, 5) is 28.6. The van der Waals surface area contributed by atoms with Gasteiger partial charge in [-0.2, -0.15) is 0 Å². The molecule has 0 radical (unpaired) electrons. The van der Waals surface area contributed by atoms with Gasteiger partial charge in [-0.3, -0.25) is 9.59 Å². The lowest BCUT2D eigenvalue weighted by molar-refractivity contribution is -0.131. The average Bonchev–Trinajstić information content (AvgIpc) is 2.74. The van der Waals surface area contributed by atoms with Gasteiger partial charge in [-0.15, -0.1) is 0 Å². The van der Waals surface area contributed by atoms with Crippen molar-refractivity contribution in [2.75, 3.05) is 40.3 Å². The molecular weight excluding hydrogens is 366 g/mol. The quantitative estimate of drug-likeness (QED) is 0.686. The van der Waals surface area contributed by atoms with Crippen molar-refractivity contribution in [2.24, 2.45) is 5.92 Å². The number of carbonyl (C=O) groups is 1. The van der Waals surface area contributed by atoms with Crippen molar-refractivity contribution in [3.63, 3.8) is 0 Å². The Labute approximate surface area is 172 Å². The van der Waals surface area contributed by atoms with E-state index in [-0.39, 0.29) is 18.0 Å². The number of hydrogen-bond donors (Lipinski definition) is 0. The monoisotopic (exact) mass is 397 g/mol. The summed E-state index contributed by atoms with van der Waals surface area (Å²) >= 11 is 0. The summed E-state index contributed by atoms with van der Waals surface area (Å²) in [6, 6.07) is 13.1. The number of piperidine rings is 1. The van der Waals surface area contributed by atoms with E-state index in [0.717, 1.165) is 51.2 Å². The lowest BCUT2D eigenvalue weighted by Crippen LogP contribution is -2.43. The number of para-hydroxylation sites is 1. The zero-order valence-corrected chi connectivity index (χ0v) is 17.4. The largest absolute Gasteiger partial charge is 0.496 e. The summed E-state index contributed by atoms with van der Waals surface area (Å²) in [6.07, 6.45) is 4.90. The van der Waals surface area contributed by atoms with Crippen LogP contribution in [-0.2, 0) is 17.8 Å². The van der Waals surface area contributed by atoms with E-state index < -0.39 is 0 Å². The predicted octanol–water partition coefficient (Wildman–Crippen LogP) is 2.27. The first-order valence-electron chi connectivity index (χ1n) is 10.3. The van der Waals surface area contributed by atoms with Crippen molar-refractivity contribution >= 4 is 5.91 Å². The van der Waals surface area contributed by atoms with E-state index in [0.29, 0.717) is 5.92 Å². The first kappa shape index (κ1) is 21.1. The number of methoxy groups -OCH3 is 1. The van der Waals surface area contributed by atoms with Crippen LogP contribution in [0.2, 0.25) is 0 Å². The van der Waals surface area contributed by atoms with Crippen LogP contribution < -0.4 is 10.3 Å². The molecule has 29 heavy (non-hydrogen) atoms. The fraction of sp³-hybridized carbons (Fsp3) is 0.478. The second kappa shape index (κ2) is 10.3. The lowest BCUT2D eigenvalue weighted by atomic mass is 9.97. The maximum atomic E-state index is 12.5. The molecule has 1 amide bonds. The molecule has 2 heterocycles. The van der Waals surface area contributed by atoms with E-state index in [9.17, 15) is 9.59 Å². The molecule has 0 saturated carbocycles. The molecular formula is C23H31N3O3. The van der Waals surface area contributed by atoms with Gasteiger partial charge in [-0.05, 0) is 49.4 Å². The molecule has 0 unspecified atom stereocenters. The Morgan fingerprint density at radius 1 is 1.21 bits per heavy atom. The van der Waals surface area contributed by atoms with E-state index in [2.05, 4.69) is 17.0 Å². The van der Waals surface area contributed by atoms with Gasteiger partial charge < -0.3 is 19.1 Å². The third-order valence-electron chi connectivity index (χ3n) is 5.66. The zero-order chi connectivity index (χ0) is 20.6. The van der Waals surface area contributed by atoms with E-state index in [1.54, 1.807) is 30.3 Å². The molecule has 2 aromatic rings. The third-order valence-corrected chi connectivity index (χ3v) is 5.66. The Bertz CT molecular complexity index is 864. The zero-order valence-electron chi connectivity index (χ0n) is 17.4. The van der Waals surface area contributed by atoms with Gasteiger partial charge in [0.1, 0.15) is 12.3 Å². The number of aromatic nitrogens is 1. The first-order valence-corrected chi connectivity index (χ1v) is 10.3. The molecule has 0 spiro atoms. The van der Waals surface area contributed by atoms with Crippen LogP contribution in [0.4, 0.5) is 0 Å². The van der Waals surface area contributed by atoms with Crippen LogP contribution in [0.15, 0.2) is 53.5 Å². The highest BCUT2D eigenvalue weighted by atomic mass is 16.5. The summed E-state index contributed by atoms with van der Waals surface area (Å²) in [6.45, 7) is 3.92. The number of benzene rings is 1. The minimum Gasteiger partial charge on any atom is -0.496 e. The maximum Gasteiger partial charge on any atom is 0.250 e. The van der Waals surface area contributed by atoms with Crippen LogP contribution in [0.1, 0.15) is 18.4 Å². The number of likely N-dealkylation sites (N-methyl/N-ethyl adjacent to an activating group) is 1. The predicted molar refractivity (Wildman–Crippen MR) is 114 cm³/mol. The highest BCUT2D eigenvalue weighted by molar-refractivity contribution is 5.75. The van der Waals surface area contributed by atoms with Crippen LogP contribution in [0, 0.1) is 5.92 Å². The molecule has 1 fully saturated rings. The molecule has 0 aliphatic carbocycles. The molecule has 1 aromatic heterocycles. The molecule has 6 nitrogen and oxygen atoms in total. The number of hydrogen-bond acceptors (Lipinski definition) is 4. The number of rotatable bonds is 8.